The second-order valence-corrected chi connectivity index (χ2v) is 6.88. The number of anilines is 1. The van der Waals surface area contributed by atoms with Gasteiger partial charge in [-0.15, -0.1) is 0 Å². The summed E-state index contributed by atoms with van der Waals surface area (Å²) in [6.45, 7) is 0.151. The van der Waals surface area contributed by atoms with Crippen LogP contribution in [0.4, 0.5) is 5.69 Å². The molecular weight excluding hydrogens is 250 g/mol. The van der Waals surface area contributed by atoms with Gasteiger partial charge in [0, 0.05) is 24.8 Å². The number of nitrogens with one attached hydrogen (secondary N) is 1. The molecule has 1 aliphatic rings. The number of hydrogen-bond donors (Lipinski definition) is 2. The summed E-state index contributed by atoms with van der Waals surface area (Å²) in [5.41, 5.74) is 0.644. The smallest absolute Gasteiger partial charge is 0.177 e. The highest BCUT2D eigenvalue weighted by atomic mass is 32.2. The molecule has 2 rings (SSSR count). The maximum Gasteiger partial charge on any atom is 0.177 e. The molecule has 0 amide bonds. The van der Waals surface area contributed by atoms with Crippen LogP contribution in [0.1, 0.15) is 19.3 Å². The molecule has 0 spiro atoms. The minimum Gasteiger partial charge on any atom is -0.396 e. The molecule has 2 unspecified atom stereocenters. The summed E-state index contributed by atoms with van der Waals surface area (Å²) in [7, 11) is -3.22. The third-order valence-electron chi connectivity index (χ3n) is 3.52. The van der Waals surface area contributed by atoms with Gasteiger partial charge in [-0.3, -0.25) is 0 Å². The SMILES string of the molecule is CS(=O)(=O)c1ccccc1NC1CCCC1CO. The van der Waals surface area contributed by atoms with Crippen LogP contribution in [0.25, 0.3) is 0 Å². The molecular formula is C13H19NO3S. The fraction of sp³-hybridized carbons (Fsp3) is 0.538. The summed E-state index contributed by atoms with van der Waals surface area (Å²) in [5.74, 6) is 0.220. The van der Waals surface area contributed by atoms with Gasteiger partial charge >= 0.3 is 0 Å². The van der Waals surface area contributed by atoms with E-state index < -0.39 is 9.84 Å². The van der Waals surface area contributed by atoms with E-state index in [4.69, 9.17) is 0 Å². The second kappa shape index (κ2) is 5.28. The molecule has 0 bridgehead atoms. The predicted molar refractivity (Wildman–Crippen MR) is 71.4 cm³/mol. The maximum absolute atomic E-state index is 11.7. The first-order valence-corrected chi connectivity index (χ1v) is 8.08. The molecule has 1 aliphatic carbocycles. The first-order valence-electron chi connectivity index (χ1n) is 6.19. The van der Waals surface area contributed by atoms with Crippen LogP contribution in [0.2, 0.25) is 0 Å². The van der Waals surface area contributed by atoms with Crippen LogP contribution in [0.3, 0.4) is 0 Å². The van der Waals surface area contributed by atoms with Gasteiger partial charge in [-0.25, -0.2) is 8.42 Å². The first kappa shape index (κ1) is 13.4. The average molecular weight is 269 g/mol. The Morgan fingerprint density at radius 3 is 2.72 bits per heavy atom. The quantitative estimate of drug-likeness (QED) is 0.872. The van der Waals surface area contributed by atoms with Gasteiger partial charge in [-0.05, 0) is 25.0 Å². The lowest BCUT2D eigenvalue weighted by molar-refractivity contribution is 0.222. The topological polar surface area (TPSA) is 66.4 Å². The normalized spacial score (nSPS) is 24.1. The number of hydrogen-bond acceptors (Lipinski definition) is 4. The second-order valence-electron chi connectivity index (χ2n) is 4.89. The molecule has 0 saturated heterocycles. The Labute approximate surface area is 108 Å². The zero-order chi connectivity index (χ0) is 13.2. The Kier molecular flexibility index (Phi) is 3.92. The van der Waals surface area contributed by atoms with Gasteiger partial charge in [0.1, 0.15) is 0 Å². The molecule has 0 radical (unpaired) electrons. The van der Waals surface area contributed by atoms with Gasteiger partial charge in [-0.2, -0.15) is 0 Å². The number of sulfone groups is 1. The van der Waals surface area contributed by atoms with Gasteiger partial charge < -0.3 is 10.4 Å². The zero-order valence-electron chi connectivity index (χ0n) is 10.5. The van der Waals surface area contributed by atoms with E-state index in [1.54, 1.807) is 18.2 Å². The number of para-hydroxylation sites is 1. The zero-order valence-corrected chi connectivity index (χ0v) is 11.3. The number of benzene rings is 1. The van der Waals surface area contributed by atoms with Crippen molar-refractivity contribution < 1.29 is 13.5 Å². The standard InChI is InChI=1S/C13H19NO3S/c1-18(16,17)13-8-3-2-6-12(13)14-11-7-4-5-10(11)9-15/h2-3,6,8,10-11,14-15H,4-5,7,9H2,1H3. The Morgan fingerprint density at radius 2 is 2.06 bits per heavy atom. The van der Waals surface area contributed by atoms with Crippen molar-refractivity contribution >= 4 is 15.5 Å². The van der Waals surface area contributed by atoms with E-state index in [0.29, 0.717) is 10.6 Å². The van der Waals surface area contributed by atoms with E-state index >= 15 is 0 Å². The highest BCUT2D eigenvalue weighted by molar-refractivity contribution is 7.90. The summed E-state index contributed by atoms with van der Waals surface area (Å²) in [6.07, 6.45) is 4.26. The molecule has 0 heterocycles. The summed E-state index contributed by atoms with van der Waals surface area (Å²) >= 11 is 0. The van der Waals surface area contributed by atoms with Crippen LogP contribution in [0.15, 0.2) is 29.2 Å². The van der Waals surface area contributed by atoms with Gasteiger partial charge in [0.05, 0.1) is 10.6 Å². The molecule has 1 saturated carbocycles. The van der Waals surface area contributed by atoms with Crippen LogP contribution in [-0.2, 0) is 9.84 Å². The van der Waals surface area contributed by atoms with Crippen molar-refractivity contribution in [1.29, 1.82) is 0 Å². The van der Waals surface area contributed by atoms with E-state index in [1.807, 2.05) is 6.07 Å². The van der Waals surface area contributed by atoms with Crippen molar-refractivity contribution in [3.63, 3.8) is 0 Å². The third-order valence-corrected chi connectivity index (χ3v) is 4.68. The van der Waals surface area contributed by atoms with Crippen LogP contribution >= 0.6 is 0 Å². The largest absolute Gasteiger partial charge is 0.396 e. The highest BCUT2D eigenvalue weighted by Gasteiger charge is 2.27. The summed E-state index contributed by atoms with van der Waals surface area (Å²) < 4.78 is 23.4. The number of aliphatic hydroxyl groups excluding tert-OH is 1. The Bertz CT molecular complexity index is 513. The van der Waals surface area contributed by atoms with Gasteiger partial charge in [0.25, 0.3) is 0 Å². The molecule has 100 valence electrons. The van der Waals surface area contributed by atoms with Crippen molar-refractivity contribution in [1.82, 2.24) is 0 Å². The molecule has 4 nitrogen and oxygen atoms in total. The van der Waals surface area contributed by atoms with Gasteiger partial charge in [0.15, 0.2) is 9.84 Å². The van der Waals surface area contributed by atoms with Crippen LogP contribution < -0.4 is 5.32 Å². The fourth-order valence-electron chi connectivity index (χ4n) is 2.55. The Balaban J connectivity index is 2.24. The van der Waals surface area contributed by atoms with Crippen molar-refractivity contribution in [2.45, 2.75) is 30.2 Å². The van der Waals surface area contributed by atoms with E-state index in [9.17, 15) is 13.5 Å². The van der Waals surface area contributed by atoms with E-state index in [-0.39, 0.29) is 18.6 Å². The Morgan fingerprint density at radius 1 is 1.33 bits per heavy atom. The minimum absolute atomic E-state index is 0.151. The van der Waals surface area contributed by atoms with E-state index in [1.165, 1.54) is 6.26 Å². The maximum atomic E-state index is 11.7. The lowest BCUT2D eigenvalue weighted by Gasteiger charge is -2.21. The number of rotatable bonds is 4. The van der Waals surface area contributed by atoms with Crippen LogP contribution in [0, 0.1) is 5.92 Å². The molecule has 18 heavy (non-hydrogen) atoms. The minimum atomic E-state index is -3.22. The monoisotopic (exact) mass is 269 g/mol. The highest BCUT2D eigenvalue weighted by Crippen LogP contribution is 2.30. The molecule has 0 aromatic heterocycles. The molecule has 2 N–H and O–H groups in total. The summed E-state index contributed by atoms with van der Waals surface area (Å²) in [5, 5.41) is 12.6. The summed E-state index contributed by atoms with van der Waals surface area (Å²) in [6, 6.07) is 7.10. The van der Waals surface area contributed by atoms with Crippen molar-refractivity contribution in [3.05, 3.63) is 24.3 Å². The molecule has 1 aromatic rings. The van der Waals surface area contributed by atoms with E-state index in [0.717, 1.165) is 19.3 Å². The van der Waals surface area contributed by atoms with E-state index in [2.05, 4.69) is 5.32 Å². The molecule has 5 heteroatoms. The van der Waals surface area contributed by atoms with Crippen molar-refractivity contribution in [2.75, 3.05) is 18.2 Å². The van der Waals surface area contributed by atoms with Gasteiger partial charge in [-0.1, -0.05) is 18.6 Å². The van der Waals surface area contributed by atoms with Gasteiger partial charge in [0.2, 0.25) is 0 Å². The average Bonchev–Trinajstić information content (AvgIpc) is 2.75. The van der Waals surface area contributed by atoms with Crippen molar-refractivity contribution in [3.8, 4) is 0 Å². The first-order chi connectivity index (χ1) is 8.52. The summed E-state index contributed by atoms with van der Waals surface area (Å²) in [4.78, 5) is 0.327. The molecule has 1 fully saturated rings. The molecule has 2 atom stereocenters. The number of aliphatic hydroxyl groups is 1. The molecule has 0 aliphatic heterocycles. The third kappa shape index (κ3) is 2.84. The molecule has 1 aromatic carbocycles. The van der Waals surface area contributed by atoms with Crippen LogP contribution in [-0.4, -0.2) is 32.4 Å². The fourth-order valence-corrected chi connectivity index (χ4v) is 3.41. The Hall–Kier alpha value is -1.07. The lowest BCUT2D eigenvalue weighted by atomic mass is 10.0. The lowest BCUT2D eigenvalue weighted by Crippen LogP contribution is -2.27. The van der Waals surface area contributed by atoms with Crippen molar-refractivity contribution in [2.24, 2.45) is 5.92 Å². The van der Waals surface area contributed by atoms with Crippen LogP contribution in [0.5, 0.6) is 0 Å². The predicted octanol–water partition coefficient (Wildman–Crippen LogP) is 1.66.